The van der Waals surface area contributed by atoms with Gasteiger partial charge in [0.15, 0.2) is 0 Å². The molecule has 0 radical (unpaired) electrons. The van der Waals surface area contributed by atoms with Gasteiger partial charge in [0.05, 0.1) is 11.7 Å². The van der Waals surface area contributed by atoms with Crippen molar-refractivity contribution in [2.45, 2.75) is 62.5 Å². The lowest BCUT2D eigenvalue weighted by atomic mass is 9.94. The molecule has 7 heteroatoms. The zero-order valence-electron chi connectivity index (χ0n) is 10.6. The normalized spacial score (nSPS) is 28.1. The van der Waals surface area contributed by atoms with Gasteiger partial charge >= 0.3 is 6.18 Å². The van der Waals surface area contributed by atoms with Crippen LogP contribution >= 0.6 is 0 Å². The third-order valence-corrected chi connectivity index (χ3v) is 4.93. The number of nitrogens with one attached hydrogen (secondary N) is 1. The maximum atomic E-state index is 12.2. The van der Waals surface area contributed by atoms with Crippen molar-refractivity contribution in [1.82, 2.24) is 5.32 Å². The average molecular weight is 287 g/mol. The summed E-state index contributed by atoms with van der Waals surface area (Å²) < 4.78 is 59.4. The van der Waals surface area contributed by atoms with Crippen molar-refractivity contribution in [1.29, 1.82) is 0 Å². The molecule has 0 aromatic carbocycles. The maximum absolute atomic E-state index is 12.2. The molecule has 3 atom stereocenters. The van der Waals surface area contributed by atoms with Crippen LogP contribution in [0.15, 0.2) is 0 Å². The first-order chi connectivity index (χ1) is 8.08. The van der Waals surface area contributed by atoms with Gasteiger partial charge in [-0.15, -0.1) is 0 Å². The van der Waals surface area contributed by atoms with Crippen molar-refractivity contribution in [2.24, 2.45) is 0 Å². The van der Waals surface area contributed by atoms with Gasteiger partial charge in [0.2, 0.25) is 0 Å². The molecule has 1 N–H and O–H groups in total. The first-order valence-corrected chi connectivity index (χ1v) is 8.05. The van der Waals surface area contributed by atoms with E-state index in [0.717, 1.165) is 12.8 Å². The molecule has 0 bridgehead atoms. The van der Waals surface area contributed by atoms with E-state index in [1.165, 1.54) is 13.2 Å². The predicted molar refractivity (Wildman–Crippen MR) is 64.2 cm³/mol. The highest BCUT2D eigenvalue weighted by molar-refractivity contribution is 7.91. The van der Waals surface area contributed by atoms with Crippen molar-refractivity contribution < 1.29 is 21.6 Å². The SMILES string of the molecule is CC(CC(F)(F)F)NC1CCCC(S(C)(=O)=O)C1. The summed E-state index contributed by atoms with van der Waals surface area (Å²) in [5.41, 5.74) is 0. The van der Waals surface area contributed by atoms with Crippen LogP contribution < -0.4 is 5.32 Å². The van der Waals surface area contributed by atoms with Crippen LogP contribution in [0, 0.1) is 0 Å². The fraction of sp³-hybridized carbons (Fsp3) is 1.00. The molecule has 0 amide bonds. The predicted octanol–water partition coefficient (Wildman–Crippen LogP) is 2.27. The van der Waals surface area contributed by atoms with Gasteiger partial charge in [-0.1, -0.05) is 6.42 Å². The summed E-state index contributed by atoms with van der Waals surface area (Å²) in [5, 5.41) is 2.48. The van der Waals surface area contributed by atoms with Crippen LogP contribution in [-0.4, -0.2) is 38.2 Å². The van der Waals surface area contributed by atoms with E-state index in [2.05, 4.69) is 5.32 Å². The van der Waals surface area contributed by atoms with Gasteiger partial charge < -0.3 is 5.32 Å². The Bertz CT molecular complexity index is 367. The van der Waals surface area contributed by atoms with E-state index in [-0.39, 0.29) is 6.04 Å². The topological polar surface area (TPSA) is 46.2 Å². The molecule has 1 aliphatic carbocycles. The smallest absolute Gasteiger partial charge is 0.311 e. The standard InChI is InChI=1S/C11H20F3NO2S/c1-8(7-11(12,13)14)15-9-4-3-5-10(6-9)18(2,16)17/h8-10,15H,3-7H2,1-2H3. The second kappa shape index (κ2) is 5.77. The number of alkyl halides is 3. The van der Waals surface area contributed by atoms with E-state index in [4.69, 9.17) is 0 Å². The number of hydrogen-bond donors (Lipinski definition) is 1. The highest BCUT2D eigenvalue weighted by Crippen LogP contribution is 2.26. The molecule has 18 heavy (non-hydrogen) atoms. The first kappa shape index (κ1) is 15.8. The fourth-order valence-corrected chi connectivity index (χ4v) is 3.67. The van der Waals surface area contributed by atoms with E-state index in [1.54, 1.807) is 0 Å². The lowest BCUT2D eigenvalue weighted by molar-refractivity contribution is -0.139. The van der Waals surface area contributed by atoms with Gasteiger partial charge in [-0.05, 0) is 26.2 Å². The van der Waals surface area contributed by atoms with Crippen molar-refractivity contribution in [3.8, 4) is 0 Å². The van der Waals surface area contributed by atoms with E-state index < -0.39 is 33.7 Å². The van der Waals surface area contributed by atoms with Crippen molar-refractivity contribution >= 4 is 9.84 Å². The van der Waals surface area contributed by atoms with Crippen LogP contribution in [0.3, 0.4) is 0 Å². The fourth-order valence-electron chi connectivity index (χ4n) is 2.49. The van der Waals surface area contributed by atoms with Gasteiger partial charge in [0.1, 0.15) is 9.84 Å². The van der Waals surface area contributed by atoms with Gasteiger partial charge in [0.25, 0.3) is 0 Å². The molecular weight excluding hydrogens is 267 g/mol. The molecule has 3 nitrogen and oxygen atoms in total. The quantitative estimate of drug-likeness (QED) is 0.863. The summed E-state index contributed by atoms with van der Waals surface area (Å²) in [6.45, 7) is 1.48. The molecular formula is C11H20F3NO2S. The van der Waals surface area contributed by atoms with E-state index in [0.29, 0.717) is 12.8 Å². The Balaban J connectivity index is 2.48. The Morgan fingerprint density at radius 2 is 1.94 bits per heavy atom. The molecule has 1 rings (SSSR count). The Hall–Kier alpha value is -0.300. The molecule has 0 heterocycles. The highest BCUT2D eigenvalue weighted by Gasteiger charge is 2.33. The van der Waals surface area contributed by atoms with Crippen LogP contribution in [0.2, 0.25) is 0 Å². The second-order valence-corrected chi connectivity index (χ2v) is 7.53. The molecule has 0 aromatic rings. The summed E-state index contributed by atoms with van der Waals surface area (Å²) >= 11 is 0. The largest absolute Gasteiger partial charge is 0.390 e. The molecule has 1 aliphatic rings. The second-order valence-electron chi connectivity index (χ2n) is 5.20. The number of halogens is 3. The summed E-state index contributed by atoms with van der Waals surface area (Å²) in [6, 6.07) is -0.802. The van der Waals surface area contributed by atoms with Crippen LogP contribution in [-0.2, 0) is 9.84 Å². The summed E-state index contributed by atoms with van der Waals surface area (Å²) in [5.74, 6) is 0. The van der Waals surface area contributed by atoms with Crippen LogP contribution in [0.25, 0.3) is 0 Å². The minimum Gasteiger partial charge on any atom is -0.311 e. The Labute approximate surface area is 106 Å². The Kier molecular flexibility index (Phi) is 5.05. The Morgan fingerprint density at radius 3 is 2.44 bits per heavy atom. The van der Waals surface area contributed by atoms with Gasteiger partial charge in [-0.3, -0.25) is 0 Å². The van der Waals surface area contributed by atoms with Crippen molar-refractivity contribution in [3.05, 3.63) is 0 Å². The summed E-state index contributed by atoms with van der Waals surface area (Å²) in [7, 11) is -3.09. The van der Waals surface area contributed by atoms with Crippen LogP contribution in [0.1, 0.15) is 39.0 Å². The van der Waals surface area contributed by atoms with E-state index >= 15 is 0 Å². The lowest BCUT2D eigenvalue weighted by Crippen LogP contribution is -2.44. The molecule has 0 spiro atoms. The van der Waals surface area contributed by atoms with Gasteiger partial charge in [0, 0.05) is 18.3 Å². The molecule has 1 fully saturated rings. The average Bonchev–Trinajstić information content (AvgIpc) is 2.13. The minimum atomic E-state index is -4.18. The zero-order valence-corrected chi connectivity index (χ0v) is 11.4. The molecule has 3 unspecified atom stereocenters. The van der Waals surface area contributed by atoms with E-state index in [9.17, 15) is 21.6 Å². The van der Waals surface area contributed by atoms with E-state index in [1.807, 2.05) is 0 Å². The number of sulfone groups is 1. The zero-order chi connectivity index (χ0) is 14.0. The third-order valence-electron chi connectivity index (χ3n) is 3.29. The number of hydrogen-bond acceptors (Lipinski definition) is 3. The third kappa shape index (κ3) is 5.56. The molecule has 0 aliphatic heterocycles. The Morgan fingerprint density at radius 1 is 1.33 bits per heavy atom. The molecule has 0 saturated heterocycles. The van der Waals surface area contributed by atoms with Gasteiger partial charge in [-0.25, -0.2) is 8.42 Å². The minimum absolute atomic E-state index is 0.129. The molecule has 0 aromatic heterocycles. The highest BCUT2D eigenvalue weighted by atomic mass is 32.2. The number of rotatable bonds is 4. The summed E-state index contributed by atoms with van der Waals surface area (Å²) in [6.07, 6.45) is -1.35. The van der Waals surface area contributed by atoms with Crippen molar-refractivity contribution in [2.75, 3.05) is 6.26 Å². The lowest BCUT2D eigenvalue weighted by Gasteiger charge is -2.31. The maximum Gasteiger partial charge on any atom is 0.390 e. The molecule has 108 valence electrons. The molecule has 1 saturated carbocycles. The van der Waals surface area contributed by atoms with Crippen LogP contribution in [0.5, 0.6) is 0 Å². The van der Waals surface area contributed by atoms with Crippen molar-refractivity contribution in [3.63, 3.8) is 0 Å². The summed E-state index contributed by atoms with van der Waals surface area (Å²) in [4.78, 5) is 0. The van der Waals surface area contributed by atoms with Gasteiger partial charge in [-0.2, -0.15) is 13.2 Å². The first-order valence-electron chi connectivity index (χ1n) is 6.09. The monoisotopic (exact) mass is 287 g/mol. The van der Waals surface area contributed by atoms with Crippen LogP contribution in [0.4, 0.5) is 13.2 Å².